The summed E-state index contributed by atoms with van der Waals surface area (Å²) in [6.45, 7) is 0.766. The Hall–Kier alpha value is -4.35. The molecule has 0 fully saturated rings. The number of aromatic nitrogens is 2. The van der Waals surface area contributed by atoms with Gasteiger partial charge >= 0.3 is 5.97 Å². The number of ether oxygens (including phenoxy) is 3. The van der Waals surface area contributed by atoms with Crippen LogP contribution in [0.2, 0.25) is 0 Å². The van der Waals surface area contributed by atoms with Crippen molar-refractivity contribution in [1.82, 2.24) is 8.75 Å². The highest BCUT2D eigenvalue weighted by atomic mass is 32.1. The minimum absolute atomic E-state index is 0.0599. The smallest absolute Gasteiger partial charge is 0.342 e. The summed E-state index contributed by atoms with van der Waals surface area (Å²) in [5.74, 6) is -1.84. The molecule has 0 spiro atoms. The molecule has 2 aliphatic rings. The van der Waals surface area contributed by atoms with Crippen LogP contribution < -0.4 is 9.47 Å². The lowest BCUT2D eigenvalue weighted by molar-refractivity contribution is -0.384. The second-order valence-electron chi connectivity index (χ2n) is 8.31. The Labute approximate surface area is 207 Å². The third-order valence-corrected chi connectivity index (χ3v) is 6.72. The first-order chi connectivity index (χ1) is 17.4. The lowest BCUT2D eigenvalue weighted by Crippen LogP contribution is -2.30. The number of hydrogen-bond acceptors (Lipinski definition) is 10. The maximum absolute atomic E-state index is 13.3. The van der Waals surface area contributed by atoms with Crippen LogP contribution in [0.5, 0.6) is 11.5 Å². The van der Waals surface area contributed by atoms with Crippen LogP contribution in [0.15, 0.2) is 66.2 Å². The predicted octanol–water partition coefficient (Wildman–Crippen LogP) is 3.77. The van der Waals surface area contributed by atoms with Crippen LogP contribution in [0.25, 0.3) is 16.6 Å². The van der Waals surface area contributed by atoms with Gasteiger partial charge in [-0.15, -0.1) is 0 Å². The van der Waals surface area contributed by atoms with Crippen molar-refractivity contribution in [3.63, 3.8) is 0 Å². The van der Waals surface area contributed by atoms with E-state index in [9.17, 15) is 20.0 Å². The van der Waals surface area contributed by atoms with E-state index in [0.717, 1.165) is 11.7 Å². The summed E-state index contributed by atoms with van der Waals surface area (Å²) in [4.78, 5) is 23.9. The lowest BCUT2D eigenvalue weighted by atomic mass is 9.88. The minimum atomic E-state index is -2.10. The average Bonchev–Trinajstić information content (AvgIpc) is 3.45. The number of carbonyl (C=O) groups is 1. The van der Waals surface area contributed by atoms with E-state index in [4.69, 9.17) is 14.2 Å². The molecule has 1 unspecified atom stereocenters. The summed E-state index contributed by atoms with van der Waals surface area (Å²) in [6, 6.07) is 16.0. The SMILES string of the molecule is O=C1OC(O)(c2ccc3c(c2)OCCO3)C(Cc2ccc([N+](=O)[O-])cc2)=C1c1ccc2nsnc2c1. The van der Waals surface area contributed by atoms with Gasteiger partial charge in [0.15, 0.2) is 11.5 Å². The van der Waals surface area contributed by atoms with Gasteiger partial charge in [0.05, 0.1) is 22.2 Å². The molecule has 2 aliphatic heterocycles. The van der Waals surface area contributed by atoms with Crippen molar-refractivity contribution < 1.29 is 29.0 Å². The van der Waals surface area contributed by atoms with E-state index < -0.39 is 16.7 Å². The molecule has 0 saturated heterocycles. The Balaban J connectivity index is 1.51. The molecule has 3 aromatic carbocycles. The van der Waals surface area contributed by atoms with Gasteiger partial charge in [0.25, 0.3) is 11.5 Å². The average molecular weight is 503 g/mol. The number of fused-ring (bicyclic) bond motifs is 2. The van der Waals surface area contributed by atoms with Gasteiger partial charge < -0.3 is 19.3 Å². The first-order valence-corrected chi connectivity index (χ1v) is 11.7. The molecule has 0 amide bonds. The number of nitro benzene ring substituents is 1. The van der Waals surface area contributed by atoms with Crippen molar-refractivity contribution in [2.75, 3.05) is 13.2 Å². The number of carbonyl (C=O) groups excluding carboxylic acids is 1. The molecule has 36 heavy (non-hydrogen) atoms. The number of rotatable bonds is 5. The van der Waals surface area contributed by atoms with Crippen molar-refractivity contribution in [2.45, 2.75) is 12.2 Å². The number of benzene rings is 3. The lowest BCUT2D eigenvalue weighted by Gasteiger charge is -2.27. The zero-order valence-electron chi connectivity index (χ0n) is 18.5. The summed E-state index contributed by atoms with van der Waals surface area (Å²) < 4.78 is 25.3. The van der Waals surface area contributed by atoms with Gasteiger partial charge in [0.2, 0.25) is 0 Å². The van der Waals surface area contributed by atoms with E-state index in [-0.39, 0.29) is 17.7 Å². The number of non-ortho nitro benzene ring substituents is 1. The summed E-state index contributed by atoms with van der Waals surface area (Å²) in [6.07, 6.45) is 0.0946. The summed E-state index contributed by atoms with van der Waals surface area (Å²) in [5, 5.41) is 23.0. The monoisotopic (exact) mass is 503 g/mol. The molecule has 4 aromatic rings. The minimum Gasteiger partial charge on any atom is -0.486 e. The molecule has 0 bridgehead atoms. The molecule has 0 saturated carbocycles. The maximum atomic E-state index is 13.3. The van der Waals surface area contributed by atoms with Crippen molar-refractivity contribution >= 4 is 40.0 Å². The van der Waals surface area contributed by atoms with Gasteiger partial charge in [-0.3, -0.25) is 10.1 Å². The quantitative estimate of drug-likeness (QED) is 0.245. The Morgan fingerprint density at radius 1 is 0.972 bits per heavy atom. The van der Waals surface area contributed by atoms with Gasteiger partial charge in [-0.25, -0.2) is 4.79 Å². The Kier molecular flexibility index (Phi) is 5.16. The maximum Gasteiger partial charge on any atom is 0.342 e. The molecular formula is C25H17N3O7S. The summed E-state index contributed by atoms with van der Waals surface area (Å²) in [5.41, 5.74) is 3.20. The Morgan fingerprint density at radius 2 is 1.72 bits per heavy atom. The Bertz CT molecular complexity index is 1560. The van der Waals surface area contributed by atoms with E-state index >= 15 is 0 Å². The van der Waals surface area contributed by atoms with Gasteiger partial charge in [-0.2, -0.15) is 8.75 Å². The first kappa shape index (κ1) is 22.1. The first-order valence-electron chi connectivity index (χ1n) is 11.0. The zero-order chi connectivity index (χ0) is 24.9. The van der Waals surface area contributed by atoms with Crippen molar-refractivity contribution in [3.8, 4) is 11.5 Å². The van der Waals surface area contributed by atoms with Crippen molar-refractivity contribution in [3.05, 3.63) is 93.0 Å². The molecule has 11 heteroatoms. The summed E-state index contributed by atoms with van der Waals surface area (Å²) in [7, 11) is 0. The molecule has 0 radical (unpaired) electrons. The van der Waals surface area contributed by atoms with E-state index in [1.165, 1.54) is 12.1 Å². The topological polar surface area (TPSA) is 134 Å². The van der Waals surface area contributed by atoms with Crippen LogP contribution in [0.4, 0.5) is 5.69 Å². The number of aliphatic hydroxyl groups is 1. The zero-order valence-corrected chi connectivity index (χ0v) is 19.4. The van der Waals surface area contributed by atoms with Gasteiger partial charge in [0, 0.05) is 29.7 Å². The molecule has 10 nitrogen and oxygen atoms in total. The number of esters is 1. The van der Waals surface area contributed by atoms with Crippen LogP contribution in [0.1, 0.15) is 16.7 Å². The van der Waals surface area contributed by atoms with Crippen LogP contribution in [-0.2, 0) is 21.7 Å². The van der Waals surface area contributed by atoms with Crippen LogP contribution in [0, 0.1) is 10.1 Å². The third-order valence-electron chi connectivity index (χ3n) is 6.16. The number of nitro groups is 1. The molecule has 1 N–H and O–H groups in total. The van der Waals surface area contributed by atoms with E-state index in [1.54, 1.807) is 48.5 Å². The summed E-state index contributed by atoms with van der Waals surface area (Å²) >= 11 is 1.06. The highest BCUT2D eigenvalue weighted by Crippen LogP contribution is 2.47. The molecule has 6 rings (SSSR count). The largest absolute Gasteiger partial charge is 0.486 e. The second kappa shape index (κ2) is 8.40. The van der Waals surface area contributed by atoms with Crippen molar-refractivity contribution in [1.29, 1.82) is 0 Å². The van der Waals surface area contributed by atoms with Crippen LogP contribution in [0.3, 0.4) is 0 Å². The highest BCUT2D eigenvalue weighted by Gasteiger charge is 2.48. The number of nitrogens with zero attached hydrogens (tertiary/aromatic N) is 3. The molecule has 3 heterocycles. The van der Waals surface area contributed by atoms with Crippen LogP contribution in [-0.4, -0.2) is 38.0 Å². The van der Waals surface area contributed by atoms with E-state index in [2.05, 4.69) is 8.75 Å². The number of hydrogen-bond donors (Lipinski definition) is 1. The van der Waals surface area contributed by atoms with Gasteiger partial charge in [-0.1, -0.05) is 18.2 Å². The predicted molar refractivity (Wildman–Crippen MR) is 129 cm³/mol. The normalized spacial score (nSPS) is 19.0. The van der Waals surface area contributed by atoms with Crippen molar-refractivity contribution in [2.24, 2.45) is 0 Å². The highest BCUT2D eigenvalue weighted by molar-refractivity contribution is 7.00. The molecule has 1 atom stereocenters. The molecule has 180 valence electrons. The van der Waals surface area contributed by atoms with Crippen LogP contribution >= 0.6 is 11.7 Å². The van der Waals surface area contributed by atoms with Gasteiger partial charge in [0.1, 0.15) is 24.2 Å². The number of cyclic esters (lactones) is 1. The third kappa shape index (κ3) is 3.65. The molecule has 0 aliphatic carbocycles. The van der Waals surface area contributed by atoms with E-state index in [1.807, 2.05) is 0 Å². The van der Waals surface area contributed by atoms with E-state index in [0.29, 0.717) is 58.0 Å². The second-order valence-corrected chi connectivity index (χ2v) is 8.84. The fraction of sp³-hybridized carbons (Fsp3) is 0.160. The molecule has 1 aromatic heterocycles. The molecular weight excluding hydrogens is 486 g/mol. The van der Waals surface area contributed by atoms with Gasteiger partial charge in [-0.05, 0) is 41.5 Å². The fourth-order valence-electron chi connectivity index (χ4n) is 4.40. The fourth-order valence-corrected chi connectivity index (χ4v) is 4.92. The standard InChI is InChI=1S/C25H17N3O7S/c29-24-23(15-3-7-19-20(12-15)27-36-26-19)18(11-14-1-5-17(6-2-14)28(31)32)25(30,35-24)16-4-8-21-22(13-16)34-10-9-33-21/h1-8,12-13,30H,9-11H2. The Morgan fingerprint density at radius 3 is 2.50 bits per heavy atom.